The summed E-state index contributed by atoms with van der Waals surface area (Å²) in [4.78, 5) is 23.6. The molecule has 4 N–H and O–H groups in total. The third-order valence-corrected chi connectivity index (χ3v) is 4.21. The van der Waals surface area contributed by atoms with Crippen LogP contribution in [0.3, 0.4) is 0 Å². The van der Waals surface area contributed by atoms with Crippen LogP contribution in [0, 0.1) is 13.8 Å². The Morgan fingerprint density at radius 1 is 0.679 bits per heavy atom. The minimum atomic E-state index is -1.15. The molecule has 3 aromatic rings. The highest BCUT2D eigenvalue weighted by Crippen LogP contribution is 2.31. The minimum Gasteiger partial charge on any atom is -0.478 e. The molecule has 0 aromatic heterocycles. The van der Waals surface area contributed by atoms with E-state index in [2.05, 4.69) is 10.6 Å². The van der Waals surface area contributed by atoms with Crippen molar-refractivity contribution in [3.8, 4) is 0 Å². The Labute approximate surface area is 162 Å². The molecule has 0 amide bonds. The van der Waals surface area contributed by atoms with Crippen molar-refractivity contribution in [1.29, 1.82) is 0 Å². The number of hydrogen-bond donors (Lipinski definition) is 4. The standard InChI is InChI=1S/C22H20N2O4/c1-13-5-3-7-15(9-13)23-19-11-18(22(27)28)20(12-17(19)21(25)26)24-16-8-4-6-14(2)10-16/h3-12,23-24H,1-2H3,(H,25,26)(H,27,28). The van der Waals surface area contributed by atoms with Crippen LogP contribution in [0.25, 0.3) is 0 Å². The highest BCUT2D eigenvalue weighted by atomic mass is 16.4. The predicted molar refractivity (Wildman–Crippen MR) is 109 cm³/mol. The summed E-state index contributed by atoms with van der Waals surface area (Å²) in [6.07, 6.45) is 0. The fourth-order valence-electron chi connectivity index (χ4n) is 2.92. The van der Waals surface area contributed by atoms with Crippen LogP contribution in [0.4, 0.5) is 22.7 Å². The molecule has 3 rings (SSSR count). The van der Waals surface area contributed by atoms with E-state index in [0.717, 1.165) is 11.1 Å². The molecule has 28 heavy (non-hydrogen) atoms. The van der Waals surface area contributed by atoms with Crippen LogP contribution in [-0.2, 0) is 0 Å². The van der Waals surface area contributed by atoms with Crippen molar-refractivity contribution in [2.75, 3.05) is 10.6 Å². The van der Waals surface area contributed by atoms with Crippen molar-refractivity contribution in [3.05, 3.63) is 82.9 Å². The van der Waals surface area contributed by atoms with Gasteiger partial charge in [0.25, 0.3) is 0 Å². The average molecular weight is 376 g/mol. The van der Waals surface area contributed by atoms with Crippen molar-refractivity contribution in [2.24, 2.45) is 0 Å². The van der Waals surface area contributed by atoms with E-state index in [1.54, 1.807) is 12.1 Å². The molecule has 0 radical (unpaired) electrons. The molecule has 0 spiro atoms. The number of hydrogen-bond acceptors (Lipinski definition) is 4. The topological polar surface area (TPSA) is 98.7 Å². The van der Waals surface area contributed by atoms with E-state index in [0.29, 0.717) is 11.4 Å². The molecule has 0 aliphatic heterocycles. The summed E-state index contributed by atoms with van der Waals surface area (Å²) in [5.74, 6) is -2.31. The van der Waals surface area contributed by atoms with Crippen LogP contribution in [-0.4, -0.2) is 22.2 Å². The maximum Gasteiger partial charge on any atom is 0.337 e. The molecule has 0 bridgehead atoms. The Balaban J connectivity index is 2.07. The number of nitrogens with one attached hydrogen (secondary N) is 2. The summed E-state index contributed by atoms with van der Waals surface area (Å²) in [7, 11) is 0. The molecule has 0 atom stereocenters. The van der Waals surface area contributed by atoms with Crippen LogP contribution in [0.5, 0.6) is 0 Å². The van der Waals surface area contributed by atoms with E-state index in [1.165, 1.54) is 12.1 Å². The zero-order valence-electron chi connectivity index (χ0n) is 15.5. The van der Waals surface area contributed by atoms with E-state index in [-0.39, 0.29) is 22.5 Å². The van der Waals surface area contributed by atoms with Gasteiger partial charge >= 0.3 is 11.9 Å². The Bertz CT molecular complexity index is 975. The summed E-state index contributed by atoms with van der Waals surface area (Å²) in [5.41, 5.74) is 3.73. The van der Waals surface area contributed by atoms with Crippen LogP contribution in [0.2, 0.25) is 0 Å². The molecule has 0 saturated heterocycles. The number of carboxylic acid groups (broad SMARTS) is 2. The molecule has 6 heteroatoms. The molecular weight excluding hydrogens is 356 g/mol. The third kappa shape index (κ3) is 4.29. The van der Waals surface area contributed by atoms with Crippen molar-refractivity contribution in [1.82, 2.24) is 0 Å². The van der Waals surface area contributed by atoms with Gasteiger partial charge in [0.05, 0.1) is 22.5 Å². The van der Waals surface area contributed by atoms with E-state index in [4.69, 9.17) is 0 Å². The zero-order chi connectivity index (χ0) is 20.3. The lowest BCUT2D eigenvalue weighted by Gasteiger charge is -2.16. The molecule has 0 aliphatic rings. The Kier molecular flexibility index (Phi) is 5.31. The first-order valence-electron chi connectivity index (χ1n) is 8.65. The van der Waals surface area contributed by atoms with Gasteiger partial charge in [-0.3, -0.25) is 0 Å². The van der Waals surface area contributed by atoms with Crippen molar-refractivity contribution in [2.45, 2.75) is 13.8 Å². The molecule has 0 unspecified atom stereocenters. The molecule has 6 nitrogen and oxygen atoms in total. The fourth-order valence-corrected chi connectivity index (χ4v) is 2.92. The summed E-state index contributed by atoms with van der Waals surface area (Å²) >= 11 is 0. The van der Waals surface area contributed by atoms with Gasteiger partial charge in [0.1, 0.15) is 0 Å². The lowest BCUT2D eigenvalue weighted by atomic mass is 10.0. The average Bonchev–Trinajstić information content (AvgIpc) is 2.62. The SMILES string of the molecule is Cc1cccc(Nc2cc(C(=O)O)c(Nc3cccc(C)c3)cc2C(=O)O)c1. The van der Waals surface area contributed by atoms with E-state index in [9.17, 15) is 19.8 Å². The number of anilines is 4. The van der Waals surface area contributed by atoms with Crippen molar-refractivity contribution in [3.63, 3.8) is 0 Å². The summed E-state index contributed by atoms with van der Waals surface area (Å²) in [6, 6.07) is 17.5. The first kappa shape index (κ1) is 19.0. The second-order valence-electron chi connectivity index (χ2n) is 6.54. The third-order valence-electron chi connectivity index (χ3n) is 4.21. The Hall–Kier alpha value is -3.80. The molecule has 3 aromatic carbocycles. The van der Waals surface area contributed by atoms with Gasteiger partial charge in [-0.1, -0.05) is 24.3 Å². The second-order valence-corrected chi connectivity index (χ2v) is 6.54. The minimum absolute atomic E-state index is 0.0262. The van der Waals surface area contributed by atoms with Crippen LogP contribution in [0.1, 0.15) is 31.8 Å². The lowest BCUT2D eigenvalue weighted by molar-refractivity contribution is 0.0683. The quantitative estimate of drug-likeness (QED) is 0.473. The van der Waals surface area contributed by atoms with Crippen LogP contribution >= 0.6 is 0 Å². The Morgan fingerprint density at radius 3 is 1.39 bits per heavy atom. The van der Waals surface area contributed by atoms with Gasteiger partial charge in [-0.15, -0.1) is 0 Å². The molecule has 0 heterocycles. The second kappa shape index (κ2) is 7.84. The predicted octanol–water partition coefficient (Wildman–Crippen LogP) is 5.19. The van der Waals surface area contributed by atoms with Crippen LogP contribution in [0.15, 0.2) is 60.7 Å². The first-order chi connectivity index (χ1) is 13.3. The van der Waals surface area contributed by atoms with E-state index in [1.807, 2.05) is 50.2 Å². The monoisotopic (exact) mass is 376 g/mol. The van der Waals surface area contributed by atoms with Gasteiger partial charge in [-0.2, -0.15) is 0 Å². The molecular formula is C22H20N2O4. The summed E-state index contributed by atoms with van der Waals surface area (Å²) in [5, 5.41) is 25.3. The normalized spacial score (nSPS) is 10.4. The van der Waals surface area contributed by atoms with Gasteiger partial charge in [0.15, 0.2) is 0 Å². The molecule has 0 fully saturated rings. The summed E-state index contributed by atoms with van der Waals surface area (Å²) in [6.45, 7) is 3.83. The number of carboxylic acids is 2. The van der Waals surface area contributed by atoms with E-state index >= 15 is 0 Å². The van der Waals surface area contributed by atoms with E-state index < -0.39 is 11.9 Å². The highest BCUT2D eigenvalue weighted by molar-refractivity contribution is 6.03. The highest BCUT2D eigenvalue weighted by Gasteiger charge is 2.19. The summed E-state index contributed by atoms with van der Waals surface area (Å²) < 4.78 is 0. The largest absolute Gasteiger partial charge is 0.478 e. The van der Waals surface area contributed by atoms with Gasteiger partial charge < -0.3 is 20.8 Å². The number of carbonyl (C=O) groups is 2. The number of rotatable bonds is 6. The fraction of sp³-hybridized carbons (Fsp3) is 0.0909. The van der Waals surface area contributed by atoms with Gasteiger partial charge in [-0.25, -0.2) is 9.59 Å². The Morgan fingerprint density at radius 2 is 1.07 bits per heavy atom. The number of aryl methyl sites for hydroxylation is 2. The lowest BCUT2D eigenvalue weighted by Crippen LogP contribution is -2.09. The zero-order valence-corrected chi connectivity index (χ0v) is 15.5. The van der Waals surface area contributed by atoms with Gasteiger partial charge in [0.2, 0.25) is 0 Å². The van der Waals surface area contributed by atoms with Gasteiger partial charge in [-0.05, 0) is 61.4 Å². The number of benzene rings is 3. The van der Waals surface area contributed by atoms with Gasteiger partial charge in [0, 0.05) is 11.4 Å². The van der Waals surface area contributed by atoms with Crippen molar-refractivity contribution >= 4 is 34.7 Å². The number of aromatic carboxylic acids is 2. The molecule has 0 saturated carbocycles. The smallest absolute Gasteiger partial charge is 0.337 e. The maximum atomic E-state index is 11.8. The van der Waals surface area contributed by atoms with Crippen LogP contribution < -0.4 is 10.6 Å². The first-order valence-corrected chi connectivity index (χ1v) is 8.65. The molecule has 142 valence electrons. The maximum absolute atomic E-state index is 11.8. The van der Waals surface area contributed by atoms with Crippen molar-refractivity contribution < 1.29 is 19.8 Å². The molecule has 0 aliphatic carbocycles.